The summed E-state index contributed by atoms with van der Waals surface area (Å²) in [4.78, 5) is 6.86. The van der Waals surface area contributed by atoms with E-state index in [4.69, 9.17) is 23.2 Å². The van der Waals surface area contributed by atoms with Crippen molar-refractivity contribution in [3.8, 4) is 0 Å². The monoisotopic (exact) mass is 321 g/mol. The molecule has 1 rings (SSSR count). The average molecular weight is 322 g/mol. The van der Waals surface area contributed by atoms with Crippen molar-refractivity contribution < 1.29 is 0 Å². The number of rotatable bonds is 8. The Hall–Kier alpha value is -0.160. The van der Waals surface area contributed by atoms with Gasteiger partial charge in [-0.25, -0.2) is 4.98 Å². The molecule has 1 aromatic rings. The van der Waals surface area contributed by atoms with E-state index in [1.165, 1.54) is 0 Å². The van der Waals surface area contributed by atoms with Crippen LogP contribution in [0.3, 0.4) is 0 Å². The molecule has 0 aliphatic heterocycles. The van der Waals surface area contributed by atoms with Crippen LogP contribution in [0.25, 0.3) is 0 Å². The fourth-order valence-corrected chi connectivity index (χ4v) is 3.14. The largest absolute Gasteiger partial charge is 0.369 e. The van der Waals surface area contributed by atoms with Crippen molar-refractivity contribution in [2.45, 2.75) is 25.8 Å². The molecule has 0 saturated carbocycles. The maximum Gasteiger partial charge on any atom is 0.146 e. The van der Waals surface area contributed by atoms with Crippen LogP contribution in [-0.2, 0) is 0 Å². The summed E-state index contributed by atoms with van der Waals surface area (Å²) in [5.41, 5.74) is 0. The Kier molecular flexibility index (Phi) is 7.91. The van der Waals surface area contributed by atoms with Gasteiger partial charge in [0.25, 0.3) is 0 Å². The van der Waals surface area contributed by atoms with Crippen molar-refractivity contribution in [2.75, 3.05) is 37.2 Å². The Morgan fingerprint density at radius 1 is 1.21 bits per heavy atom. The Bertz CT molecular complexity index is 398. The summed E-state index contributed by atoms with van der Waals surface area (Å²) < 4.78 is 0. The topological polar surface area (TPSA) is 28.2 Å². The van der Waals surface area contributed by atoms with Crippen molar-refractivity contribution in [3.05, 3.63) is 16.1 Å². The van der Waals surface area contributed by atoms with Crippen LogP contribution in [0.1, 0.15) is 20.8 Å². The number of nitrogens with zero attached hydrogens (tertiary/aromatic N) is 2. The lowest BCUT2D eigenvalue weighted by Gasteiger charge is -2.17. The first-order valence-corrected chi connectivity index (χ1v) is 8.31. The number of halogens is 2. The van der Waals surface area contributed by atoms with Gasteiger partial charge >= 0.3 is 0 Å². The first-order chi connectivity index (χ1) is 9.12. The highest BCUT2D eigenvalue weighted by molar-refractivity contribution is 7.99. The summed E-state index contributed by atoms with van der Waals surface area (Å²) in [5, 5.41) is 5.17. The Balaban J connectivity index is 2.64. The highest BCUT2D eigenvalue weighted by Gasteiger charge is 2.10. The van der Waals surface area contributed by atoms with E-state index in [0.29, 0.717) is 15.9 Å². The molecule has 0 radical (unpaired) electrons. The van der Waals surface area contributed by atoms with Gasteiger partial charge in [-0.3, -0.25) is 0 Å². The summed E-state index contributed by atoms with van der Waals surface area (Å²) in [6.07, 6.45) is 0. The second-order valence-electron chi connectivity index (χ2n) is 4.01. The van der Waals surface area contributed by atoms with E-state index in [9.17, 15) is 0 Å². The minimum atomic E-state index is 0.569. The zero-order valence-electron chi connectivity index (χ0n) is 11.7. The van der Waals surface area contributed by atoms with Gasteiger partial charge in [0.1, 0.15) is 10.8 Å². The maximum atomic E-state index is 6.18. The maximum absolute atomic E-state index is 6.18. The van der Waals surface area contributed by atoms with Gasteiger partial charge in [0, 0.05) is 18.8 Å². The van der Waals surface area contributed by atoms with Crippen molar-refractivity contribution in [1.29, 1.82) is 0 Å². The second-order valence-corrected chi connectivity index (χ2v) is 5.91. The molecule has 6 heteroatoms. The highest BCUT2D eigenvalue weighted by Crippen LogP contribution is 2.31. The van der Waals surface area contributed by atoms with Gasteiger partial charge in [-0.05, 0) is 26.1 Å². The van der Waals surface area contributed by atoms with E-state index < -0.39 is 0 Å². The van der Waals surface area contributed by atoms with Crippen LogP contribution in [-0.4, -0.2) is 41.8 Å². The Morgan fingerprint density at radius 3 is 2.47 bits per heavy atom. The Labute approximate surface area is 130 Å². The normalized spacial score (nSPS) is 11.1. The summed E-state index contributed by atoms with van der Waals surface area (Å²) in [6, 6.07) is 1.76. The number of aromatic nitrogens is 1. The first-order valence-electron chi connectivity index (χ1n) is 6.57. The number of thioether (sulfide) groups is 1. The summed E-state index contributed by atoms with van der Waals surface area (Å²) >= 11 is 13.9. The molecule has 0 aliphatic carbocycles. The van der Waals surface area contributed by atoms with Gasteiger partial charge in [0.05, 0.1) is 10.0 Å². The van der Waals surface area contributed by atoms with Gasteiger partial charge in [0.2, 0.25) is 0 Å². The van der Waals surface area contributed by atoms with Crippen LogP contribution in [0.5, 0.6) is 0 Å². The molecule has 0 unspecified atom stereocenters. The van der Waals surface area contributed by atoms with Crippen LogP contribution in [0, 0.1) is 0 Å². The first kappa shape index (κ1) is 16.9. The predicted molar refractivity (Wildman–Crippen MR) is 86.9 cm³/mol. The lowest BCUT2D eigenvalue weighted by Crippen LogP contribution is -2.25. The molecule has 0 aromatic carbocycles. The van der Waals surface area contributed by atoms with Crippen LogP contribution < -0.4 is 5.32 Å². The summed E-state index contributed by atoms with van der Waals surface area (Å²) in [7, 11) is 0. The van der Waals surface area contributed by atoms with Crippen molar-refractivity contribution in [1.82, 2.24) is 9.88 Å². The van der Waals surface area contributed by atoms with E-state index in [1.807, 2.05) is 6.92 Å². The Morgan fingerprint density at radius 2 is 1.89 bits per heavy atom. The molecular formula is C13H21Cl2N3S. The van der Waals surface area contributed by atoms with Gasteiger partial charge in [-0.2, -0.15) is 0 Å². The molecular weight excluding hydrogens is 301 g/mol. The summed E-state index contributed by atoms with van der Waals surface area (Å²) in [6.45, 7) is 10.3. The number of hydrogen-bond acceptors (Lipinski definition) is 4. The van der Waals surface area contributed by atoms with Gasteiger partial charge < -0.3 is 10.2 Å². The molecule has 108 valence electrons. The predicted octanol–water partition coefficient (Wildman–Crippen LogP) is 4.25. The molecule has 0 amide bonds. The van der Waals surface area contributed by atoms with Gasteiger partial charge in [0.15, 0.2) is 0 Å². The second kappa shape index (κ2) is 8.90. The quantitative estimate of drug-likeness (QED) is 0.724. The van der Waals surface area contributed by atoms with Crippen LogP contribution in [0.2, 0.25) is 10.0 Å². The highest BCUT2D eigenvalue weighted by atomic mass is 35.5. The third kappa shape index (κ3) is 5.38. The molecule has 3 nitrogen and oxygen atoms in total. The van der Waals surface area contributed by atoms with Gasteiger partial charge in [-0.15, -0.1) is 11.8 Å². The third-order valence-corrected chi connectivity index (χ3v) is 4.44. The molecule has 1 heterocycles. The van der Waals surface area contributed by atoms with Gasteiger partial charge in [-0.1, -0.05) is 37.0 Å². The van der Waals surface area contributed by atoms with E-state index in [2.05, 4.69) is 29.0 Å². The molecule has 0 saturated heterocycles. The molecule has 0 aliphatic rings. The van der Waals surface area contributed by atoms with Crippen LogP contribution in [0.15, 0.2) is 11.1 Å². The fourth-order valence-electron chi connectivity index (χ4n) is 1.65. The summed E-state index contributed by atoms with van der Waals surface area (Å²) in [5.74, 6) is 1.68. The minimum Gasteiger partial charge on any atom is -0.369 e. The van der Waals surface area contributed by atoms with Crippen molar-refractivity contribution in [3.63, 3.8) is 0 Å². The standard InChI is InChI=1S/C13H21Cl2N3S/c1-4-16-12-10(14)9-11(15)13(17-12)19-8-7-18(5-2)6-3/h9H,4-8H2,1-3H3,(H,16,17). The van der Waals surface area contributed by atoms with E-state index in [0.717, 1.165) is 37.0 Å². The fraction of sp³-hybridized carbons (Fsp3) is 0.615. The van der Waals surface area contributed by atoms with E-state index in [-0.39, 0.29) is 0 Å². The molecule has 0 atom stereocenters. The van der Waals surface area contributed by atoms with E-state index >= 15 is 0 Å². The third-order valence-electron chi connectivity index (χ3n) is 2.78. The van der Waals surface area contributed by atoms with Crippen molar-refractivity contribution >= 4 is 40.8 Å². The molecule has 0 spiro atoms. The van der Waals surface area contributed by atoms with Crippen LogP contribution >= 0.6 is 35.0 Å². The number of pyridine rings is 1. The molecule has 1 N–H and O–H groups in total. The molecule has 0 bridgehead atoms. The number of nitrogens with one attached hydrogen (secondary N) is 1. The lowest BCUT2D eigenvalue weighted by molar-refractivity contribution is 0.324. The van der Waals surface area contributed by atoms with E-state index in [1.54, 1.807) is 17.8 Å². The molecule has 19 heavy (non-hydrogen) atoms. The zero-order valence-corrected chi connectivity index (χ0v) is 14.0. The smallest absolute Gasteiger partial charge is 0.146 e. The zero-order chi connectivity index (χ0) is 14.3. The lowest BCUT2D eigenvalue weighted by atomic mass is 10.4. The molecule has 0 fully saturated rings. The minimum absolute atomic E-state index is 0.569. The average Bonchev–Trinajstić information content (AvgIpc) is 2.39. The van der Waals surface area contributed by atoms with Crippen LogP contribution in [0.4, 0.5) is 5.82 Å². The number of anilines is 1. The number of hydrogen-bond donors (Lipinski definition) is 1. The SMILES string of the molecule is CCNc1nc(SCCN(CC)CC)c(Cl)cc1Cl. The van der Waals surface area contributed by atoms with Crippen molar-refractivity contribution in [2.24, 2.45) is 0 Å². The molecule has 1 aromatic heterocycles.